The Morgan fingerprint density at radius 3 is 2.08 bits per heavy atom. The number of pyridine rings is 1. The number of aromatic nitrogens is 1. The second-order valence-corrected chi connectivity index (χ2v) is 12.9. The minimum absolute atomic E-state index is 1.06. The van der Waals surface area contributed by atoms with Gasteiger partial charge in [-0.3, -0.25) is 4.98 Å². The van der Waals surface area contributed by atoms with Crippen LogP contribution in [0.3, 0.4) is 0 Å². The van der Waals surface area contributed by atoms with Crippen molar-refractivity contribution in [3.8, 4) is 22.4 Å². The van der Waals surface area contributed by atoms with E-state index in [1.807, 2.05) is 0 Å². The highest BCUT2D eigenvalue weighted by Crippen LogP contribution is 2.31. The van der Waals surface area contributed by atoms with Crippen molar-refractivity contribution in [2.24, 2.45) is 0 Å². The summed E-state index contributed by atoms with van der Waals surface area (Å²) in [4.78, 5) is 4.93. The predicted octanol–water partition coefficient (Wildman–Crippen LogP) is 6.11. The smallest absolute Gasteiger partial charge is 0.0796 e. The number of hydrogen-bond acceptors (Lipinski definition) is 1. The maximum absolute atomic E-state index is 4.93. The molecule has 1 aromatic heterocycles. The molecule has 0 atom stereocenters. The van der Waals surface area contributed by atoms with Gasteiger partial charge in [-0.1, -0.05) is 92.4 Å². The first-order valence-electron chi connectivity index (χ1n) is 9.07. The standard InChI is InChI=1S/C24H23NSi/c1-26(2,3)22-16-23(19-10-5-4-6-11-19)24(25-17-22)21-14-13-18-9-7-8-12-20(18)15-21/h4-17H,1-3H3. The summed E-state index contributed by atoms with van der Waals surface area (Å²) in [5.74, 6) is 0. The van der Waals surface area contributed by atoms with Gasteiger partial charge in [0.15, 0.2) is 0 Å². The maximum atomic E-state index is 4.93. The lowest BCUT2D eigenvalue weighted by molar-refractivity contribution is 1.34. The molecule has 0 radical (unpaired) electrons. The van der Waals surface area contributed by atoms with Crippen LogP contribution in [0.1, 0.15) is 0 Å². The van der Waals surface area contributed by atoms with Crippen LogP contribution in [-0.2, 0) is 0 Å². The lowest BCUT2D eigenvalue weighted by Gasteiger charge is -2.19. The minimum atomic E-state index is -1.43. The third-order valence-electron chi connectivity index (χ3n) is 4.86. The van der Waals surface area contributed by atoms with E-state index >= 15 is 0 Å². The van der Waals surface area contributed by atoms with Crippen LogP contribution in [0.4, 0.5) is 0 Å². The first kappa shape index (κ1) is 16.7. The molecule has 0 amide bonds. The van der Waals surface area contributed by atoms with Crippen LogP contribution >= 0.6 is 0 Å². The van der Waals surface area contributed by atoms with Gasteiger partial charge in [-0.05, 0) is 27.6 Å². The Kier molecular flexibility index (Phi) is 4.21. The van der Waals surface area contributed by atoms with E-state index in [4.69, 9.17) is 4.98 Å². The van der Waals surface area contributed by atoms with Crippen molar-refractivity contribution in [2.75, 3.05) is 0 Å². The van der Waals surface area contributed by atoms with Crippen molar-refractivity contribution in [3.05, 3.63) is 85.1 Å². The number of hydrogen-bond donors (Lipinski definition) is 0. The van der Waals surface area contributed by atoms with E-state index in [0.29, 0.717) is 0 Å². The van der Waals surface area contributed by atoms with Crippen LogP contribution in [0.2, 0.25) is 19.6 Å². The van der Waals surface area contributed by atoms with Crippen molar-refractivity contribution < 1.29 is 0 Å². The molecular formula is C24H23NSi. The highest BCUT2D eigenvalue weighted by Gasteiger charge is 2.20. The normalized spacial score (nSPS) is 11.7. The Balaban J connectivity index is 1.94. The number of benzene rings is 3. The third-order valence-corrected chi connectivity index (χ3v) is 6.87. The van der Waals surface area contributed by atoms with E-state index in [1.165, 1.54) is 32.6 Å². The molecule has 26 heavy (non-hydrogen) atoms. The van der Waals surface area contributed by atoms with Crippen LogP contribution in [-0.4, -0.2) is 13.1 Å². The molecule has 4 rings (SSSR count). The van der Waals surface area contributed by atoms with Gasteiger partial charge in [-0.15, -0.1) is 0 Å². The molecule has 0 aliphatic carbocycles. The van der Waals surface area contributed by atoms with Crippen molar-refractivity contribution in [2.45, 2.75) is 19.6 Å². The summed E-state index contributed by atoms with van der Waals surface area (Å²) < 4.78 is 0. The monoisotopic (exact) mass is 353 g/mol. The van der Waals surface area contributed by atoms with Crippen molar-refractivity contribution >= 4 is 24.0 Å². The van der Waals surface area contributed by atoms with Crippen LogP contribution in [0.25, 0.3) is 33.2 Å². The Hall–Kier alpha value is -2.71. The predicted molar refractivity (Wildman–Crippen MR) is 116 cm³/mol. The molecule has 0 spiro atoms. The van der Waals surface area contributed by atoms with Crippen molar-refractivity contribution in [1.29, 1.82) is 0 Å². The molecule has 0 N–H and O–H groups in total. The molecule has 0 fully saturated rings. The zero-order valence-corrected chi connectivity index (χ0v) is 16.5. The highest BCUT2D eigenvalue weighted by atomic mass is 28.3. The first-order chi connectivity index (χ1) is 12.5. The molecule has 1 heterocycles. The fourth-order valence-corrected chi connectivity index (χ4v) is 4.31. The molecule has 128 valence electrons. The summed E-state index contributed by atoms with van der Waals surface area (Å²) in [7, 11) is -1.43. The lowest BCUT2D eigenvalue weighted by Crippen LogP contribution is -2.38. The quantitative estimate of drug-likeness (QED) is 0.405. The Bertz CT molecular complexity index is 1060. The summed E-state index contributed by atoms with van der Waals surface area (Å²) in [6, 6.07) is 28.1. The SMILES string of the molecule is C[Si](C)(C)c1cnc(-c2ccc3ccccc3c2)c(-c2ccccc2)c1. The molecule has 0 bridgehead atoms. The summed E-state index contributed by atoms with van der Waals surface area (Å²) in [5.41, 5.74) is 4.68. The minimum Gasteiger partial charge on any atom is -0.256 e. The van der Waals surface area contributed by atoms with E-state index < -0.39 is 8.07 Å². The van der Waals surface area contributed by atoms with E-state index in [9.17, 15) is 0 Å². The van der Waals surface area contributed by atoms with Crippen molar-refractivity contribution in [1.82, 2.24) is 4.98 Å². The third kappa shape index (κ3) is 3.20. The number of nitrogens with zero attached hydrogens (tertiary/aromatic N) is 1. The van der Waals surface area contributed by atoms with Gasteiger partial charge in [-0.2, -0.15) is 0 Å². The van der Waals surface area contributed by atoms with Crippen LogP contribution in [0, 0.1) is 0 Å². The number of fused-ring (bicyclic) bond motifs is 1. The van der Waals surface area contributed by atoms with E-state index in [1.54, 1.807) is 0 Å². The Morgan fingerprint density at radius 1 is 0.654 bits per heavy atom. The zero-order chi connectivity index (χ0) is 18.1. The average Bonchev–Trinajstić information content (AvgIpc) is 2.67. The largest absolute Gasteiger partial charge is 0.256 e. The molecular weight excluding hydrogens is 330 g/mol. The second kappa shape index (κ2) is 6.54. The molecule has 1 nitrogen and oxygen atoms in total. The fraction of sp³-hybridized carbons (Fsp3) is 0.125. The molecule has 0 saturated heterocycles. The van der Waals surface area contributed by atoms with E-state index in [0.717, 1.165) is 5.69 Å². The van der Waals surface area contributed by atoms with Gasteiger partial charge in [0.2, 0.25) is 0 Å². The molecule has 3 aromatic carbocycles. The van der Waals surface area contributed by atoms with Gasteiger partial charge in [0.25, 0.3) is 0 Å². The van der Waals surface area contributed by atoms with Gasteiger partial charge < -0.3 is 0 Å². The van der Waals surface area contributed by atoms with Crippen LogP contribution < -0.4 is 5.19 Å². The summed E-state index contributed by atoms with van der Waals surface area (Å²) in [6.45, 7) is 7.11. The Morgan fingerprint density at radius 2 is 1.35 bits per heavy atom. The van der Waals surface area contributed by atoms with Gasteiger partial charge in [0, 0.05) is 17.3 Å². The van der Waals surface area contributed by atoms with Gasteiger partial charge >= 0.3 is 0 Å². The van der Waals surface area contributed by atoms with Crippen LogP contribution in [0.5, 0.6) is 0 Å². The maximum Gasteiger partial charge on any atom is 0.0796 e. The Labute approximate surface area is 156 Å². The highest BCUT2D eigenvalue weighted by molar-refractivity contribution is 6.88. The first-order valence-corrected chi connectivity index (χ1v) is 12.6. The average molecular weight is 354 g/mol. The summed E-state index contributed by atoms with van der Waals surface area (Å²) in [5, 5.41) is 3.90. The molecule has 0 saturated carbocycles. The summed E-state index contributed by atoms with van der Waals surface area (Å²) in [6.07, 6.45) is 2.09. The van der Waals surface area contributed by atoms with E-state index in [-0.39, 0.29) is 0 Å². The van der Waals surface area contributed by atoms with Crippen molar-refractivity contribution in [3.63, 3.8) is 0 Å². The number of rotatable bonds is 3. The van der Waals surface area contributed by atoms with Gasteiger partial charge in [0.05, 0.1) is 13.8 Å². The van der Waals surface area contributed by atoms with E-state index in [2.05, 4.69) is 105 Å². The molecule has 0 aliphatic rings. The zero-order valence-electron chi connectivity index (χ0n) is 15.5. The fourth-order valence-electron chi connectivity index (χ4n) is 3.28. The second-order valence-electron chi connectivity index (χ2n) is 7.80. The molecule has 0 unspecified atom stereocenters. The molecule has 0 aliphatic heterocycles. The molecule has 2 heteroatoms. The van der Waals surface area contributed by atoms with Gasteiger partial charge in [0.1, 0.15) is 0 Å². The van der Waals surface area contributed by atoms with Crippen LogP contribution in [0.15, 0.2) is 85.1 Å². The summed E-state index contributed by atoms with van der Waals surface area (Å²) >= 11 is 0. The lowest BCUT2D eigenvalue weighted by atomic mass is 9.97. The molecule has 4 aromatic rings. The topological polar surface area (TPSA) is 12.9 Å². The van der Waals surface area contributed by atoms with Gasteiger partial charge in [-0.25, -0.2) is 0 Å².